The summed E-state index contributed by atoms with van der Waals surface area (Å²) in [6.45, 7) is 3.54. The highest BCUT2D eigenvalue weighted by atomic mass is 32.1. The first-order valence-corrected chi connectivity index (χ1v) is 10.9. The molecule has 0 saturated carbocycles. The van der Waals surface area contributed by atoms with Crippen molar-refractivity contribution in [2.75, 3.05) is 19.7 Å². The number of amides is 1. The zero-order chi connectivity index (χ0) is 21.0. The summed E-state index contributed by atoms with van der Waals surface area (Å²) in [5.74, 6) is -0.216. The summed E-state index contributed by atoms with van der Waals surface area (Å²) >= 11 is 1.73. The van der Waals surface area contributed by atoms with Crippen LogP contribution in [0.2, 0.25) is 0 Å². The van der Waals surface area contributed by atoms with E-state index in [1.165, 1.54) is 22.1 Å². The number of hydrogen-bond acceptors (Lipinski definition) is 6. The van der Waals surface area contributed by atoms with Crippen LogP contribution in [-0.2, 0) is 23.8 Å². The van der Waals surface area contributed by atoms with Crippen molar-refractivity contribution in [2.24, 2.45) is 7.05 Å². The smallest absolute Gasteiger partial charge is 0.329 e. The Hall–Kier alpha value is -2.78. The van der Waals surface area contributed by atoms with Crippen molar-refractivity contribution in [3.05, 3.63) is 60.0 Å². The first kappa shape index (κ1) is 19.2. The van der Waals surface area contributed by atoms with Crippen molar-refractivity contribution in [2.45, 2.75) is 31.8 Å². The maximum Gasteiger partial charge on any atom is 0.329 e. The average Bonchev–Trinajstić information content (AvgIpc) is 3.22. The Labute approximate surface area is 176 Å². The number of nitrogens with one attached hydrogen (secondary N) is 1. The number of carbonyl (C=O) groups excluding carboxylic acids is 1. The summed E-state index contributed by atoms with van der Waals surface area (Å²) in [7, 11) is 1.53. The van der Waals surface area contributed by atoms with E-state index in [0.717, 1.165) is 19.3 Å². The number of ether oxygens (including phenoxy) is 1. The van der Waals surface area contributed by atoms with E-state index in [9.17, 15) is 14.4 Å². The van der Waals surface area contributed by atoms with E-state index >= 15 is 0 Å². The van der Waals surface area contributed by atoms with Crippen LogP contribution < -0.4 is 11.2 Å². The molecule has 156 valence electrons. The monoisotopic (exact) mass is 426 g/mol. The largest absolute Gasteiger partial charge is 0.369 e. The summed E-state index contributed by atoms with van der Waals surface area (Å²) in [6.07, 6.45) is 2.39. The van der Waals surface area contributed by atoms with Gasteiger partial charge in [-0.25, -0.2) is 9.78 Å². The number of aromatic nitrogens is 3. The van der Waals surface area contributed by atoms with Crippen LogP contribution in [0.15, 0.2) is 27.1 Å². The van der Waals surface area contributed by atoms with Crippen LogP contribution in [0.3, 0.4) is 0 Å². The number of piperidine rings is 1. The van der Waals surface area contributed by atoms with Crippen molar-refractivity contribution in [3.8, 4) is 0 Å². The number of pyridine rings is 1. The second kappa shape index (κ2) is 6.88. The van der Waals surface area contributed by atoms with E-state index in [1.54, 1.807) is 29.2 Å². The summed E-state index contributed by atoms with van der Waals surface area (Å²) in [5.41, 5.74) is 0.997. The normalized spacial score (nSPS) is 18.0. The fourth-order valence-corrected chi connectivity index (χ4v) is 5.77. The molecule has 0 aromatic carbocycles. The van der Waals surface area contributed by atoms with Crippen molar-refractivity contribution in [1.29, 1.82) is 0 Å². The van der Waals surface area contributed by atoms with E-state index in [4.69, 9.17) is 4.74 Å². The van der Waals surface area contributed by atoms with E-state index in [0.29, 0.717) is 25.4 Å². The first-order valence-electron chi connectivity index (χ1n) is 10.0. The lowest BCUT2D eigenvalue weighted by atomic mass is 9.85. The Morgan fingerprint density at radius 2 is 2.07 bits per heavy atom. The number of fused-ring (bicyclic) bond motifs is 3. The van der Waals surface area contributed by atoms with Crippen LogP contribution >= 0.6 is 11.3 Å². The minimum absolute atomic E-state index is 0.155. The zero-order valence-corrected chi connectivity index (χ0v) is 17.7. The van der Waals surface area contributed by atoms with Crippen LogP contribution in [0, 0.1) is 6.92 Å². The van der Waals surface area contributed by atoms with Crippen LogP contribution in [0.1, 0.15) is 39.3 Å². The van der Waals surface area contributed by atoms with Gasteiger partial charge in [0.15, 0.2) is 0 Å². The van der Waals surface area contributed by atoms with Gasteiger partial charge in [0, 0.05) is 30.7 Å². The minimum Gasteiger partial charge on any atom is -0.369 e. The lowest BCUT2D eigenvalue weighted by molar-refractivity contribution is -0.0906. The van der Waals surface area contributed by atoms with Crippen molar-refractivity contribution >= 4 is 28.3 Å². The van der Waals surface area contributed by atoms with Crippen molar-refractivity contribution in [1.82, 2.24) is 19.4 Å². The molecule has 1 fully saturated rings. The van der Waals surface area contributed by atoms with Gasteiger partial charge in [0.2, 0.25) is 0 Å². The van der Waals surface area contributed by atoms with Crippen LogP contribution in [0.25, 0.3) is 11.0 Å². The molecule has 3 aromatic heterocycles. The highest BCUT2D eigenvalue weighted by molar-refractivity contribution is 7.10. The van der Waals surface area contributed by atoms with E-state index < -0.39 is 11.2 Å². The van der Waals surface area contributed by atoms with E-state index in [-0.39, 0.29) is 28.1 Å². The van der Waals surface area contributed by atoms with Gasteiger partial charge >= 0.3 is 5.69 Å². The number of hydrogen-bond donors (Lipinski definition) is 1. The standard InChI is InChI=1S/C21H22N4O4S/c1-12-11-14(15-17(22-12)24(2)20(28)23-18(15)26)19(27)25-7-5-21(6-8-25)16-13(3-9-29-21)4-10-30-16/h4,10-11H,3,5-9H2,1-2H3,(H,23,26,28). The molecule has 5 heterocycles. The molecule has 1 amide bonds. The SMILES string of the molecule is Cc1cc(C(=O)N2CCC3(CC2)OCCc2ccsc23)c2c(=O)[nH]c(=O)n(C)c2n1. The van der Waals surface area contributed by atoms with E-state index in [1.807, 2.05) is 0 Å². The van der Waals surface area contributed by atoms with Gasteiger partial charge < -0.3 is 9.64 Å². The highest BCUT2D eigenvalue weighted by Crippen LogP contribution is 2.44. The molecule has 2 aliphatic heterocycles. The molecule has 9 heteroatoms. The Bertz CT molecular complexity index is 1280. The van der Waals surface area contributed by atoms with Crippen molar-refractivity contribution in [3.63, 3.8) is 0 Å². The molecule has 5 rings (SSSR count). The number of rotatable bonds is 1. The minimum atomic E-state index is -0.587. The zero-order valence-electron chi connectivity index (χ0n) is 16.9. The van der Waals surface area contributed by atoms with Gasteiger partial charge in [0.25, 0.3) is 11.5 Å². The summed E-state index contributed by atoms with van der Waals surface area (Å²) in [6, 6.07) is 3.80. The van der Waals surface area contributed by atoms with Gasteiger partial charge in [0.05, 0.1) is 17.6 Å². The molecule has 0 radical (unpaired) electrons. The molecule has 2 aliphatic rings. The Morgan fingerprint density at radius 3 is 2.83 bits per heavy atom. The Kier molecular flexibility index (Phi) is 4.41. The number of aromatic amines is 1. The molecule has 0 bridgehead atoms. The number of thiophene rings is 1. The predicted octanol–water partition coefficient (Wildman–Crippen LogP) is 1.70. The summed E-state index contributed by atoms with van der Waals surface area (Å²) in [5, 5.41) is 2.27. The number of aryl methyl sites for hydroxylation is 2. The van der Waals surface area contributed by atoms with Gasteiger partial charge in [-0.15, -0.1) is 11.3 Å². The molecule has 1 saturated heterocycles. The second-order valence-corrected chi connectivity index (χ2v) is 8.90. The third-order valence-corrected chi connectivity index (χ3v) is 7.34. The van der Waals surface area contributed by atoms with E-state index in [2.05, 4.69) is 21.4 Å². The third kappa shape index (κ3) is 2.84. The Balaban J connectivity index is 1.49. The molecular formula is C21H22N4O4S. The van der Waals surface area contributed by atoms with Crippen LogP contribution in [0.5, 0.6) is 0 Å². The molecule has 0 aliphatic carbocycles. The van der Waals surface area contributed by atoms with Gasteiger partial charge in [-0.2, -0.15) is 0 Å². The maximum absolute atomic E-state index is 13.4. The predicted molar refractivity (Wildman–Crippen MR) is 113 cm³/mol. The molecule has 30 heavy (non-hydrogen) atoms. The quantitative estimate of drug-likeness (QED) is 0.639. The number of likely N-dealkylation sites (tertiary alicyclic amines) is 1. The number of nitrogens with zero attached hydrogens (tertiary/aromatic N) is 3. The van der Waals surface area contributed by atoms with Gasteiger partial charge in [-0.3, -0.25) is 19.1 Å². The lowest BCUT2D eigenvalue weighted by Crippen LogP contribution is -2.48. The average molecular weight is 426 g/mol. The van der Waals surface area contributed by atoms with Gasteiger partial charge in [-0.1, -0.05) is 0 Å². The molecular weight excluding hydrogens is 404 g/mol. The Morgan fingerprint density at radius 1 is 1.30 bits per heavy atom. The highest BCUT2D eigenvalue weighted by Gasteiger charge is 2.42. The fraction of sp³-hybridized carbons (Fsp3) is 0.429. The van der Waals surface area contributed by atoms with Crippen LogP contribution in [0.4, 0.5) is 0 Å². The second-order valence-electron chi connectivity index (χ2n) is 7.99. The fourth-order valence-electron chi connectivity index (χ4n) is 4.60. The maximum atomic E-state index is 13.4. The number of carbonyl (C=O) groups is 1. The first-order chi connectivity index (χ1) is 14.4. The lowest BCUT2D eigenvalue weighted by Gasteiger charge is -2.43. The molecule has 1 spiro atoms. The summed E-state index contributed by atoms with van der Waals surface area (Å²) < 4.78 is 7.50. The molecule has 0 atom stereocenters. The van der Waals surface area contributed by atoms with Crippen molar-refractivity contribution < 1.29 is 9.53 Å². The molecule has 0 unspecified atom stereocenters. The molecule has 3 aromatic rings. The molecule has 8 nitrogen and oxygen atoms in total. The summed E-state index contributed by atoms with van der Waals surface area (Å²) in [4.78, 5) is 47.5. The third-order valence-electron chi connectivity index (χ3n) is 6.20. The molecule has 1 N–H and O–H groups in total. The topological polar surface area (TPSA) is 97.3 Å². The van der Waals surface area contributed by atoms with Gasteiger partial charge in [0.1, 0.15) is 11.2 Å². The van der Waals surface area contributed by atoms with Crippen LogP contribution in [-0.4, -0.2) is 45.0 Å². The number of H-pyrrole nitrogens is 1. The van der Waals surface area contributed by atoms with Gasteiger partial charge in [-0.05, 0) is 49.3 Å².